The summed E-state index contributed by atoms with van der Waals surface area (Å²) >= 11 is 3.12. The van der Waals surface area contributed by atoms with Crippen molar-refractivity contribution in [1.29, 1.82) is 0 Å². The predicted octanol–water partition coefficient (Wildman–Crippen LogP) is 2.23. The number of hydrogen-bond donors (Lipinski definition) is 3. The minimum absolute atomic E-state index is 0.0136. The summed E-state index contributed by atoms with van der Waals surface area (Å²) in [5.74, 6) is -0.859. The molecule has 0 spiro atoms. The second kappa shape index (κ2) is 7.73. The van der Waals surface area contributed by atoms with Crippen LogP contribution in [0.4, 0.5) is 4.39 Å². The Kier molecular flexibility index (Phi) is 6.27. The van der Waals surface area contributed by atoms with Crippen LogP contribution in [0.3, 0.4) is 0 Å². The quantitative estimate of drug-likeness (QED) is 0.245. The second-order valence-electron chi connectivity index (χ2n) is 3.93. The maximum Gasteiger partial charge on any atom is 0.254 e. The van der Waals surface area contributed by atoms with Crippen LogP contribution in [0.1, 0.15) is 29.6 Å². The Morgan fingerprint density at radius 1 is 1.47 bits per heavy atom. The fourth-order valence-corrected chi connectivity index (χ4v) is 1.79. The molecule has 0 unspecified atom stereocenters. The number of carbonyl (C=O) groups is 1. The largest absolute Gasteiger partial charge is 0.409 e. The van der Waals surface area contributed by atoms with Crippen molar-refractivity contribution in [1.82, 2.24) is 5.32 Å². The van der Waals surface area contributed by atoms with Crippen molar-refractivity contribution in [3.8, 4) is 0 Å². The number of nitrogens with one attached hydrogen (secondary N) is 1. The van der Waals surface area contributed by atoms with E-state index < -0.39 is 11.7 Å². The highest BCUT2D eigenvalue weighted by Crippen LogP contribution is 2.15. The highest BCUT2D eigenvalue weighted by Gasteiger charge is 2.10. The summed E-state index contributed by atoms with van der Waals surface area (Å²) in [7, 11) is 0. The fraction of sp³-hybridized carbons (Fsp3) is 0.333. The number of amides is 1. The molecule has 1 amide bonds. The maximum absolute atomic E-state index is 13.5. The predicted molar refractivity (Wildman–Crippen MR) is 73.7 cm³/mol. The van der Waals surface area contributed by atoms with E-state index in [0.717, 1.165) is 0 Å². The van der Waals surface area contributed by atoms with Crippen molar-refractivity contribution in [2.75, 3.05) is 6.54 Å². The average Bonchev–Trinajstić information content (AvgIpc) is 2.37. The zero-order chi connectivity index (χ0) is 14.3. The monoisotopic (exact) mass is 331 g/mol. The van der Waals surface area contributed by atoms with Gasteiger partial charge in [0.15, 0.2) is 0 Å². The normalized spacial score (nSPS) is 11.4. The first-order valence-electron chi connectivity index (χ1n) is 5.74. The van der Waals surface area contributed by atoms with Crippen LogP contribution in [0.5, 0.6) is 0 Å². The van der Waals surface area contributed by atoms with Gasteiger partial charge in [-0.15, -0.1) is 0 Å². The van der Waals surface area contributed by atoms with Crippen molar-refractivity contribution in [3.63, 3.8) is 0 Å². The summed E-state index contributed by atoms with van der Waals surface area (Å²) in [6.07, 6.45) is 1.80. The molecule has 19 heavy (non-hydrogen) atoms. The first-order chi connectivity index (χ1) is 9.04. The number of oxime groups is 1. The molecule has 0 aromatic heterocycles. The number of benzene rings is 1. The molecule has 7 heteroatoms. The van der Waals surface area contributed by atoms with Crippen LogP contribution >= 0.6 is 15.9 Å². The van der Waals surface area contributed by atoms with E-state index in [-0.39, 0.29) is 11.4 Å². The standard InChI is InChI=1S/C12H15BrFN3O2/c13-8-4-5-9(10(14)7-8)12(18)16-6-2-1-3-11(15)17-19/h4-5,7,19H,1-3,6H2,(H2,15,17)(H,16,18). The van der Waals surface area contributed by atoms with Crippen molar-refractivity contribution >= 4 is 27.7 Å². The zero-order valence-electron chi connectivity index (χ0n) is 10.2. The van der Waals surface area contributed by atoms with Crippen LogP contribution < -0.4 is 11.1 Å². The van der Waals surface area contributed by atoms with E-state index in [0.29, 0.717) is 30.3 Å². The SMILES string of the molecule is NC(CCCCNC(=O)c1ccc(Br)cc1F)=NO. The molecule has 5 nitrogen and oxygen atoms in total. The molecule has 0 bridgehead atoms. The minimum Gasteiger partial charge on any atom is -0.409 e. The Hall–Kier alpha value is -1.63. The molecule has 1 rings (SSSR count). The van der Waals surface area contributed by atoms with Gasteiger partial charge in [-0.3, -0.25) is 4.79 Å². The van der Waals surface area contributed by atoms with E-state index in [1.54, 1.807) is 6.07 Å². The second-order valence-corrected chi connectivity index (χ2v) is 4.84. The van der Waals surface area contributed by atoms with E-state index in [1.807, 2.05) is 0 Å². The molecule has 4 N–H and O–H groups in total. The molecule has 0 heterocycles. The smallest absolute Gasteiger partial charge is 0.254 e. The van der Waals surface area contributed by atoms with Gasteiger partial charge in [0.2, 0.25) is 0 Å². The molecule has 1 aromatic rings. The third-order valence-corrected chi connectivity index (χ3v) is 2.94. The first-order valence-corrected chi connectivity index (χ1v) is 6.53. The van der Waals surface area contributed by atoms with Crippen LogP contribution in [0.25, 0.3) is 0 Å². The van der Waals surface area contributed by atoms with Gasteiger partial charge >= 0.3 is 0 Å². The summed E-state index contributed by atoms with van der Waals surface area (Å²) in [4.78, 5) is 11.7. The molecule has 0 radical (unpaired) electrons. The summed E-state index contributed by atoms with van der Waals surface area (Å²) in [6, 6.07) is 4.27. The van der Waals surface area contributed by atoms with Crippen molar-refractivity contribution < 1.29 is 14.4 Å². The molecule has 0 aliphatic heterocycles. The van der Waals surface area contributed by atoms with E-state index in [9.17, 15) is 9.18 Å². The van der Waals surface area contributed by atoms with E-state index >= 15 is 0 Å². The summed E-state index contributed by atoms with van der Waals surface area (Å²) < 4.78 is 14.1. The molecule has 0 saturated carbocycles. The van der Waals surface area contributed by atoms with Gasteiger partial charge in [-0.2, -0.15) is 0 Å². The number of carbonyl (C=O) groups excluding carboxylic acids is 1. The highest BCUT2D eigenvalue weighted by molar-refractivity contribution is 9.10. The maximum atomic E-state index is 13.5. The first kappa shape index (κ1) is 15.4. The molecule has 0 aliphatic carbocycles. The van der Waals surface area contributed by atoms with Crippen molar-refractivity contribution in [2.24, 2.45) is 10.9 Å². The highest BCUT2D eigenvalue weighted by atomic mass is 79.9. The number of unbranched alkanes of at least 4 members (excludes halogenated alkanes) is 1. The molecule has 0 aliphatic rings. The summed E-state index contributed by atoms with van der Waals surface area (Å²) in [5.41, 5.74) is 5.31. The lowest BCUT2D eigenvalue weighted by atomic mass is 10.2. The van der Waals surface area contributed by atoms with Gasteiger partial charge in [0.25, 0.3) is 5.91 Å². The topological polar surface area (TPSA) is 87.7 Å². The Morgan fingerprint density at radius 3 is 2.84 bits per heavy atom. The lowest BCUT2D eigenvalue weighted by Crippen LogP contribution is -2.25. The fourth-order valence-electron chi connectivity index (χ4n) is 1.45. The Bertz CT molecular complexity index is 480. The average molecular weight is 332 g/mol. The lowest BCUT2D eigenvalue weighted by Gasteiger charge is -2.06. The van der Waals surface area contributed by atoms with E-state index in [1.165, 1.54) is 12.1 Å². The number of amidine groups is 1. The van der Waals surface area contributed by atoms with Gasteiger partial charge in [0.1, 0.15) is 11.7 Å². The van der Waals surface area contributed by atoms with Crippen LogP contribution in [-0.2, 0) is 0 Å². The Labute approximate surface area is 118 Å². The van der Waals surface area contributed by atoms with Gasteiger partial charge in [-0.05, 0) is 31.0 Å². The van der Waals surface area contributed by atoms with E-state index in [4.69, 9.17) is 10.9 Å². The zero-order valence-corrected chi connectivity index (χ0v) is 11.8. The molecule has 1 aromatic carbocycles. The molecule has 0 atom stereocenters. The number of hydrogen-bond acceptors (Lipinski definition) is 3. The molecule has 0 saturated heterocycles. The van der Waals surface area contributed by atoms with Crippen molar-refractivity contribution in [2.45, 2.75) is 19.3 Å². The number of halogens is 2. The molecular formula is C12H15BrFN3O2. The number of nitrogens with two attached hydrogens (primary N) is 1. The van der Waals surface area contributed by atoms with Crippen LogP contribution in [0.2, 0.25) is 0 Å². The number of nitrogens with zero attached hydrogens (tertiary/aromatic N) is 1. The van der Waals surface area contributed by atoms with Gasteiger partial charge < -0.3 is 16.3 Å². The van der Waals surface area contributed by atoms with E-state index in [2.05, 4.69) is 26.4 Å². The third-order valence-electron chi connectivity index (χ3n) is 2.45. The molecule has 0 fully saturated rings. The van der Waals surface area contributed by atoms with Crippen LogP contribution in [-0.4, -0.2) is 23.5 Å². The van der Waals surface area contributed by atoms with Gasteiger partial charge in [-0.1, -0.05) is 21.1 Å². The van der Waals surface area contributed by atoms with Crippen LogP contribution in [0.15, 0.2) is 27.8 Å². The molecule has 104 valence electrons. The third kappa shape index (κ3) is 5.25. The Balaban J connectivity index is 2.35. The summed E-state index contributed by atoms with van der Waals surface area (Å²) in [5, 5.41) is 13.8. The molecular weight excluding hydrogens is 317 g/mol. The Morgan fingerprint density at radius 2 is 2.21 bits per heavy atom. The van der Waals surface area contributed by atoms with Crippen LogP contribution in [0, 0.1) is 5.82 Å². The van der Waals surface area contributed by atoms with Gasteiger partial charge in [0, 0.05) is 17.4 Å². The van der Waals surface area contributed by atoms with Crippen molar-refractivity contribution in [3.05, 3.63) is 34.1 Å². The van der Waals surface area contributed by atoms with Gasteiger partial charge in [-0.25, -0.2) is 4.39 Å². The van der Waals surface area contributed by atoms with Gasteiger partial charge in [0.05, 0.1) is 5.56 Å². The number of rotatable bonds is 6. The summed E-state index contributed by atoms with van der Waals surface area (Å²) in [6.45, 7) is 0.410. The lowest BCUT2D eigenvalue weighted by molar-refractivity contribution is 0.0949. The minimum atomic E-state index is -0.566.